The fraction of sp³-hybridized carbons (Fsp3) is 0.125. The van der Waals surface area contributed by atoms with Crippen LogP contribution in [0.5, 0.6) is 0 Å². The number of nitrogens with zero attached hydrogens (tertiary/aromatic N) is 3. The molecule has 1 heterocycles. The second-order valence-electron chi connectivity index (χ2n) is 7.35. The van der Waals surface area contributed by atoms with Crippen LogP contribution < -0.4 is 15.8 Å². The number of sulfonamides is 1. The van der Waals surface area contributed by atoms with E-state index in [0.717, 1.165) is 18.7 Å². The summed E-state index contributed by atoms with van der Waals surface area (Å²) < 4.78 is 25.9. The van der Waals surface area contributed by atoms with Gasteiger partial charge >= 0.3 is 0 Å². The van der Waals surface area contributed by atoms with Gasteiger partial charge in [-0.1, -0.05) is 30.3 Å². The fourth-order valence-electron chi connectivity index (χ4n) is 3.23. The number of nitrogen functional groups attached to an aromatic ring is 1. The lowest BCUT2D eigenvalue weighted by Gasteiger charge is -2.13. The Balaban J connectivity index is 1.70. The Morgan fingerprint density at radius 1 is 1.03 bits per heavy atom. The minimum atomic E-state index is -3.97. The van der Waals surface area contributed by atoms with Crippen LogP contribution in [0.15, 0.2) is 64.5 Å². The van der Waals surface area contributed by atoms with Gasteiger partial charge < -0.3 is 11.1 Å². The van der Waals surface area contributed by atoms with Crippen molar-refractivity contribution in [3.63, 3.8) is 0 Å². The molecule has 0 fully saturated rings. The second kappa shape index (κ2) is 11.4. The standard InChI is InChI=1S/C24H20N6O4S2/c1-15(31)30-36(33,34)18-9-7-17(8-10-18)28-21(32)11-12-35-24-20(14-26)22(16-5-3-2-4-6-16)19(13-25)23(27)29-24/h2-10H,11-12H2,1H3,(H2,27,29)(H,28,32)(H,30,31). The van der Waals surface area contributed by atoms with Crippen molar-refractivity contribution in [2.24, 2.45) is 0 Å². The lowest BCUT2D eigenvalue weighted by molar-refractivity contribution is -0.117. The molecule has 2 amide bonds. The molecule has 3 aromatic rings. The first-order chi connectivity index (χ1) is 17.2. The van der Waals surface area contributed by atoms with Crippen molar-refractivity contribution in [2.45, 2.75) is 23.3 Å². The van der Waals surface area contributed by atoms with Crippen LogP contribution in [0, 0.1) is 22.7 Å². The number of hydrogen-bond acceptors (Lipinski definition) is 9. The summed E-state index contributed by atoms with van der Waals surface area (Å²) in [6.45, 7) is 1.09. The zero-order valence-electron chi connectivity index (χ0n) is 19.0. The number of hydrogen-bond donors (Lipinski definition) is 3. The zero-order valence-corrected chi connectivity index (χ0v) is 20.6. The van der Waals surface area contributed by atoms with Gasteiger partial charge in [0.1, 0.15) is 28.5 Å². The summed E-state index contributed by atoms with van der Waals surface area (Å²) in [6, 6.07) is 18.4. The quantitative estimate of drug-likeness (QED) is 0.376. The van der Waals surface area contributed by atoms with Gasteiger partial charge in [-0.2, -0.15) is 10.5 Å². The summed E-state index contributed by atoms with van der Waals surface area (Å²) in [5, 5.41) is 22.3. The van der Waals surface area contributed by atoms with Gasteiger partial charge in [-0.25, -0.2) is 18.1 Å². The molecule has 0 aliphatic heterocycles. The lowest BCUT2D eigenvalue weighted by Crippen LogP contribution is -2.28. The first-order valence-corrected chi connectivity index (χ1v) is 12.9. The van der Waals surface area contributed by atoms with Crippen molar-refractivity contribution in [1.29, 1.82) is 10.5 Å². The van der Waals surface area contributed by atoms with E-state index in [2.05, 4.69) is 16.4 Å². The monoisotopic (exact) mass is 520 g/mol. The van der Waals surface area contributed by atoms with Gasteiger partial charge in [0.2, 0.25) is 11.8 Å². The Bertz CT molecular complexity index is 1490. The smallest absolute Gasteiger partial charge is 0.264 e. The van der Waals surface area contributed by atoms with Gasteiger partial charge in [0.15, 0.2) is 0 Å². The highest BCUT2D eigenvalue weighted by Gasteiger charge is 2.20. The molecule has 0 radical (unpaired) electrons. The molecule has 3 rings (SSSR count). The number of nitrogens with two attached hydrogens (primary N) is 1. The highest BCUT2D eigenvalue weighted by molar-refractivity contribution is 7.99. The van der Waals surface area contributed by atoms with E-state index in [1.807, 2.05) is 16.9 Å². The van der Waals surface area contributed by atoms with E-state index in [1.54, 1.807) is 24.3 Å². The van der Waals surface area contributed by atoms with Crippen LogP contribution in [0.3, 0.4) is 0 Å². The van der Waals surface area contributed by atoms with E-state index in [0.29, 0.717) is 21.8 Å². The van der Waals surface area contributed by atoms with Crippen molar-refractivity contribution in [3.05, 3.63) is 65.7 Å². The van der Waals surface area contributed by atoms with Crippen molar-refractivity contribution in [1.82, 2.24) is 9.71 Å². The molecule has 0 spiro atoms. The van der Waals surface area contributed by atoms with Crippen LogP contribution in [-0.4, -0.2) is 31.0 Å². The normalized spacial score (nSPS) is 10.6. The molecular formula is C24H20N6O4S2. The average Bonchev–Trinajstić information content (AvgIpc) is 2.83. The molecule has 0 bridgehead atoms. The van der Waals surface area contributed by atoms with Gasteiger partial charge in [-0.05, 0) is 29.8 Å². The van der Waals surface area contributed by atoms with Gasteiger partial charge in [0, 0.05) is 30.3 Å². The molecular weight excluding hydrogens is 500 g/mol. The number of carbonyl (C=O) groups is 2. The van der Waals surface area contributed by atoms with Crippen molar-refractivity contribution < 1.29 is 18.0 Å². The van der Waals surface area contributed by atoms with Crippen molar-refractivity contribution >= 4 is 45.1 Å². The minimum Gasteiger partial charge on any atom is -0.383 e. The van der Waals surface area contributed by atoms with Crippen molar-refractivity contribution in [2.75, 3.05) is 16.8 Å². The molecule has 2 aromatic carbocycles. The van der Waals surface area contributed by atoms with Crippen molar-refractivity contribution in [3.8, 4) is 23.3 Å². The Hall–Kier alpha value is -4.39. The van der Waals surface area contributed by atoms with Crippen LogP contribution in [0.25, 0.3) is 11.1 Å². The third-order valence-corrected chi connectivity index (χ3v) is 7.20. The predicted octanol–water partition coefficient (Wildman–Crippen LogP) is 3.02. The number of benzene rings is 2. The molecule has 10 nitrogen and oxygen atoms in total. The number of pyridine rings is 1. The third-order valence-electron chi connectivity index (χ3n) is 4.77. The maximum atomic E-state index is 12.4. The molecule has 0 saturated carbocycles. The molecule has 4 N–H and O–H groups in total. The number of amides is 2. The summed E-state index contributed by atoms with van der Waals surface area (Å²) >= 11 is 1.16. The van der Waals surface area contributed by atoms with E-state index in [-0.39, 0.29) is 39.9 Å². The number of nitriles is 2. The number of nitrogens with one attached hydrogen (secondary N) is 2. The third kappa shape index (κ3) is 6.18. The summed E-state index contributed by atoms with van der Waals surface area (Å²) in [5.74, 6) is -0.791. The first kappa shape index (κ1) is 26.2. The number of thioether (sulfide) groups is 1. The Kier molecular flexibility index (Phi) is 8.27. The maximum Gasteiger partial charge on any atom is 0.264 e. The maximum absolute atomic E-state index is 12.4. The molecule has 0 atom stereocenters. The highest BCUT2D eigenvalue weighted by Crippen LogP contribution is 2.35. The summed E-state index contributed by atoms with van der Waals surface area (Å²) in [5.41, 5.74) is 7.74. The lowest BCUT2D eigenvalue weighted by atomic mass is 9.97. The Morgan fingerprint density at radius 2 is 1.67 bits per heavy atom. The molecule has 1 aromatic heterocycles. The molecule has 0 aliphatic carbocycles. The van der Waals surface area contributed by atoms with Crippen LogP contribution in [0.2, 0.25) is 0 Å². The number of carbonyl (C=O) groups excluding carboxylic acids is 2. The molecule has 0 aliphatic rings. The Morgan fingerprint density at radius 3 is 2.25 bits per heavy atom. The molecule has 12 heteroatoms. The number of anilines is 2. The molecule has 182 valence electrons. The molecule has 0 unspecified atom stereocenters. The van der Waals surface area contributed by atoms with Gasteiger partial charge in [-0.15, -0.1) is 11.8 Å². The number of rotatable bonds is 8. The predicted molar refractivity (Wildman–Crippen MR) is 135 cm³/mol. The fourth-order valence-corrected chi connectivity index (χ4v) is 5.15. The van der Waals surface area contributed by atoms with E-state index in [9.17, 15) is 28.5 Å². The van der Waals surface area contributed by atoms with Crippen LogP contribution in [0.1, 0.15) is 24.5 Å². The SMILES string of the molecule is CC(=O)NS(=O)(=O)c1ccc(NC(=O)CCSc2nc(N)c(C#N)c(-c3ccccc3)c2C#N)cc1. The van der Waals surface area contributed by atoms with Crippen LogP contribution in [0.4, 0.5) is 11.5 Å². The summed E-state index contributed by atoms with van der Waals surface area (Å²) in [7, 11) is -3.97. The summed E-state index contributed by atoms with van der Waals surface area (Å²) in [4.78, 5) is 27.5. The van der Waals surface area contributed by atoms with Gasteiger partial charge in [0.25, 0.3) is 10.0 Å². The minimum absolute atomic E-state index is 0.00314. The topological polar surface area (TPSA) is 179 Å². The number of aromatic nitrogens is 1. The first-order valence-electron chi connectivity index (χ1n) is 10.4. The van der Waals surface area contributed by atoms with E-state index < -0.39 is 15.9 Å². The van der Waals surface area contributed by atoms with Crippen LogP contribution >= 0.6 is 11.8 Å². The Labute approximate surface area is 212 Å². The van der Waals surface area contributed by atoms with Gasteiger partial charge in [0.05, 0.1) is 10.5 Å². The van der Waals surface area contributed by atoms with Gasteiger partial charge in [-0.3, -0.25) is 9.59 Å². The zero-order chi connectivity index (χ0) is 26.3. The molecule has 0 saturated heterocycles. The largest absolute Gasteiger partial charge is 0.383 e. The second-order valence-corrected chi connectivity index (χ2v) is 10.1. The molecule has 36 heavy (non-hydrogen) atoms. The highest BCUT2D eigenvalue weighted by atomic mass is 32.2. The van der Waals surface area contributed by atoms with Crippen LogP contribution in [-0.2, 0) is 19.6 Å². The average molecular weight is 521 g/mol. The van der Waals surface area contributed by atoms with E-state index >= 15 is 0 Å². The summed E-state index contributed by atoms with van der Waals surface area (Å²) in [6.07, 6.45) is 0.0593. The van der Waals surface area contributed by atoms with E-state index in [1.165, 1.54) is 24.3 Å². The van der Waals surface area contributed by atoms with E-state index in [4.69, 9.17) is 5.73 Å².